The Hall–Kier alpha value is -2.66. The van der Waals surface area contributed by atoms with Crippen molar-refractivity contribution in [2.45, 2.75) is 40.7 Å². The molecule has 1 amide bonds. The smallest absolute Gasteiger partial charge is 0.245 e. The predicted octanol–water partition coefficient (Wildman–Crippen LogP) is 3.51. The van der Waals surface area contributed by atoms with Crippen LogP contribution in [0.5, 0.6) is 0 Å². The first-order valence-electron chi connectivity index (χ1n) is 9.24. The Morgan fingerprint density at radius 2 is 1.48 bits per heavy atom. The summed E-state index contributed by atoms with van der Waals surface area (Å²) in [6, 6.07) is 12.1. The maximum atomic E-state index is 12.0. The third-order valence-corrected chi connectivity index (χ3v) is 5.07. The van der Waals surface area contributed by atoms with Gasteiger partial charge in [0.25, 0.3) is 0 Å². The van der Waals surface area contributed by atoms with Gasteiger partial charge in [0, 0.05) is 19.2 Å². The van der Waals surface area contributed by atoms with Gasteiger partial charge in [-0.15, -0.1) is 0 Å². The normalized spacial score (nSPS) is 18.4. The zero-order valence-electron chi connectivity index (χ0n) is 16.7. The van der Waals surface area contributed by atoms with E-state index in [0.29, 0.717) is 12.5 Å². The van der Waals surface area contributed by atoms with Crippen LogP contribution in [0.15, 0.2) is 41.4 Å². The van der Waals surface area contributed by atoms with Crippen LogP contribution in [0, 0.1) is 27.7 Å². The number of rotatable bonds is 3. The van der Waals surface area contributed by atoms with Gasteiger partial charge in [-0.2, -0.15) is 4.99 Å². The molecular weight excluding hydrogens is 338 g/mol. The number of anilines is 2. The van der Waals surface area contributed by atoms with Crippen molar-refractivity contribution in [3.63, 3.8) is 0 Å². The highest BCUT2D eigenvalue weighted by atomic mass is 16.3. The average Bonchev–Trinajstić information content (AvgIpc) is 2.92. The largest absolute Gasteiger partial charge is 0.394 e. The number of amides is 1. The number of aliphatic hydroxyl groups is 1. The summed E-state index contributed by atoms with van der Waals surface area (Å²) in [5, 5.41) is 10.1. The lowest BCUT2D eigenvalue weighted by Crippen LogP contribution is -2.39. The Morgan fingerprint density at radius 1 is 1.00 bits per heavy atom. The summed E-state index contributed by atoms with van der Waals surface area (Å²) >= 11 is 0. The van der Waals surface area contributed by atoms with Gasteiger partial charge < -0.3 is 14.9 Å². The molecule has 1 atom stereocenters. The zero-order valence-corrected chi connectivity index (χ0v) is 16.7. The van der Waals surface area contributed by atoms with Crippen LogP contribution in [0.1, 0.15) is 29.2 Å². The van der Waals surface area contributed by atoms with Crippen LogP contribution in [0.25, 0.3) is 0 Å². The molecule has 27 heavy (non-hydrogen) atoms. The summed E-state index contributed by atoms with van der Waals surface area (Å²) < 4.78 is 0. The number of aliphatic hydroxyl groups excluding tert-OH is 1. The van der Waals surface area contributed by atoms with E-state index in [1.165, 1.54) is 6.92 Å². The molecular formula is C22H27N3O2. The third kappa shape index (κ3) is 3.47. The molecule has 0 bridgehead atoms. The highest BCUT2D eigenvalue weighted by Crippen LogP contribution is 2.35. The van der Waals surface area contributed by atoms with E-state index in [1.54, 1.807) is 0 Å². The highest BCUT2D eigenvalue weighted by molar-refractivity contribution is 6.14. The lowest BCUT2D eigenvalue weighted by molar-refractivity contribution is -0.115. The summed E-state index contributed by atoms with van der Waals surface area (Å²) in [5.74, 6) is 0.326. The van der Waals surface area contributed by atoms with Crippen LogP contribution in [-0.4, -0.2) is 36.2 Å². The zero-order chi connectivity index (χ0) is 19.7. The van der Waals surface area contributed by atoms with Crippen molar-refractivity contribution < 1.29 is 9.90 Å². The number of benzene rings is 2. The Balaban J connectivity index is 2.23. The number of guanidine groups is 1. The number of carbonyl (C=O) groups is 1. The quantitative estimate of drug-likeness (QED) is 0.904. The van der Waals surface area contributed by atoms with Crippen LogP contribution < -0.4 is 9.80 Å². The van der Waals surface area contributed by atoms with Gasteiger partial charge in [0.1, 0.15) is 0 Å². The van der Waals surface area contributed by atoms with Crippen LogP contribution in [0.2, 0.25) is 0 Å². The van der Waals surface area contributed by atoms with Crippen molar-refractivity contribution >= 4 is 23.2 Å². The van der Waals surface area contributed by atoms with Gasteiger partial charge in [-0.1, -0.05) is 36.4 Å². The Kier molecular flexibility index (Phi) is 5.33. The molecule has 1 fully saturated rings. The molecule has 0 aromatic heterocycles. The van der Waals surface area contributed by atoms with Gasteiger partial charge in [-0.3, -0.25) is 4.79 Å². The summed E-state index contributed by atoms with van der Waals surface area (Å²) in [4.78, 5) is 20.5. The molecule has 1 aliphatic rings. The van der Waals surface area contributed by atoms with E-state index in [2.05, 4.69) is 35.9 Å². The van der Waals surface area contributed by atoms with Gasteiger partial charge in [0.15, 0.2) is 0 Å². The van der Waals surface area contributed by atoms with E-state index in [9.17, 15) is 9.90 Å². The van der Waals surface area contributed by atoms with Crippen molar-refractivity contribution in [1.82, 2.24) is 0 Å². The molecule has 1 saturated heterocycles. The van der Waals surface area contributed by atoms with Crippen molar-refractivity contribution in [2.75, 3.05) is 23.0 Å². The van der Waals surface area contributed by atoms with Crippen molar-refractivity contribution in [3.05, 3.63) is 58.7 Å². The molecule has 1 aliphatic heterocycles. The minimum atomic E-state index is -0.254. The molecule has 142 valence electrons. The minimum Gasteiger partial charge on any atom is -0.394 e. The molecule has 0 spiro atoms. The van der Waals surface area contributed by atoms with Crippen LogP contribution >= 0.6 is 0 Å². The second-order valence-electron chi connectivity index (χ2n) is 7.23. The summed E-state index contributed by atoms with van der Waals surface area (Å²) in [6.45, 7) is 10.2. The monoisotopic (exact) mass is 365 g/mol. The number of carbonyl (C=O) groups excluding carboxylic acids is 1. The van der Waals surface area contributed by atoms with Crippen LogP contribution in [0.4, 0.5) is 11.4 Å². The van der Waals surface area contributed by atoms with Crippen molar-refractivity contribution in [1.29, 1.82) is 0 Å². The summed E-state index contributed by atoms with van der Waals surface area (Å²) in [5.41, 5.74) is 6.47. The van der Waals surface area contributed by atoms with E-state index in [4.69, 9.17) is 0 Å². The maximum Gasteiger partial charge on any atom is 0.245 e. The Labute approximate surface area is 161 Å². The number of aliphatic imine (C=N–C) groups is 1. The van der Waals surface area contributed by atoms with E-state index in [-0.39, 0.29) is 18.6 Å². The fourth-order valence-electron chi connectivity index (χ4n) is 3.95. The summed E-state index contributed by atoms with van der Waals surface area (Å²) in [6.07, 6.45) is 0. The molecule has 5 nitrogen and oxygen atoms in total. The van der Waals surface area contributed by atoms with Gasteiger partial charge >= 0.3 is 0 Å². The first-order valence-corrected chi connectivity index (χ1v) is 9.24. The SMILES string of the molecule is CC(=O)N=C1N(c2c(C)cccc2C)CC(CO)N1c1c(C)cccc1C. The molecule has 1 unspecified atom stereocenters. The topological polar surface area (TPSA) is 56.1 Å². The van der Waals surface area contributed by atoms with E-state index < -0.39 is 0 Å². The molecule has 0 radical (unpaired) electrons. The third-order valence-electron chi connectivity index (χ3n) is 5.07. The first-order chi connectivity index (χ1) is 12.8. The Morgan fingerprint density at radius 3 is 1.93 bits per heavy atom. The second kappa shape index (κ2) is 7.53. The highest BCUT2D eigenvalue weighted by Gasteiger charge is 2.39. The lowest BCUT2D eigenvalue weighted by Gasteiger charge is -2.29. The van der Waals surface area contributed by atoms with Gasteiger partial charge in [-0.05, 0) is 49.9 Å². The summed E-state index contributed by atoms with van der Waals surface area (Å²) in [7, 11) is 0. The molecule has 1 heterocycles. The fraction of sp³-hybridized carbons (Fsp3) is 0.364. The first kappa shape index (κ1) is 19.1. The van der Waals surface area contributed by atoms with Gasteiger partial charge in [0.2, 0.25) is 11.9 Å². The molecule has 5 heteroatoms. The number of aryl methyl sites for hydroxylation is 4. The molecule has 1 N–H and O–H groups in total. The number of nitrogens with zero attached hydrogens (tertiary/aromatic N) is 3. The number of hydrogen-bond donors (Lipinski definition) is 1. The Bertz CT molecular complexity index is 864. The molecule has 0 saturated carbocycles. The molecule has 0 aliphatic carbocycles. The van der Waals surface area contributed by atoms with E-state index >= 15 is 0 Å². The average molecular weight is 365 g/mol. The van der Waals surface area contributed by atoms with Crippen molar-refractivity contribution in [3.8, 4) is 0 Å². The lowest BCUT2D eigenvalue weighted by atomic mass is 10.1. The van der Waals surface area contributed by atoms with E-state index in [1.807, 2.05) is 43.0 Å². The van der Waals surface area contributed by atoms with Crippen molar-refractivity contribution in [2.24, 2.45) is 4.99 Å². The fourth-order valence-corrected chi connectivity index (χ4v) is 3.95. The predicted molar refractivity (Wildman–Crippen MR) is 111 cm³/mol. The second-order valence-corrected chi connectivity index (χ2v) is 7.23. The molecule has 2 aromatic carbocycles. The van der Waals surface area contributed by atoms with Crippen LogP contribution in [0.3, 0.4) is 0 Å². The standard InChI is InChI=1S/C22H27N3O2/c1-14-8-6-9-15(2)20(14)24-12-19(13-26)25(22(24)23-18(5)27)21-16(3)10-7-11-17(21)4/h6-11,19,26H,12-13H2,1-5H3. The number of para-hydroxylation sites is 2. The van der Waals surface area contributed by atoms with Crippen LogP contribution in [-0.2, 0) is 4.79 Å². The van der Waals surface area contributed by atoms with Gasteiger partial charge in [-0.25, -0.2) is 0 Å². The van der Waals surface area contributed by atoms with E-state index in [0.717, 1.165) is 33.6 Å². The number of hydrogen-bond acceptors (Lipinski definition) is 2. The maximum absolute atomic E-state index is 12.0. The van der Waals surface area contributed by atoms with Gasteiger partial charge in [0.05, 0.1) is 18.3 Å². The molecule has 2 aromatic rings. The molecule has 3 rings (SSSR count). The minimum absolute atomic E-state index is 0.0217.